The molecule has 0 saturated carbocycles. The van der Waals surface area contributed by atoms with E-state index in [0.717, 1.165) is 6.42 Å². The summed E-state index contributed by atoms with van der Waals surface area (Å²) in [5.41, 5.74) is 0. The Hall–Kier alpha value is -1.89. The molecule has 1 heterocycles. The molecule has 2 N–H and O–H groups in total. The molecule has 7 nitrogen and oxygen atoms in total. The number of nitrogens with one attached hydrogen (secondary N) is 1. The van der Waals surface area contributed by atoms with Gasteiger partial charge in [-0.05, 0) is 19.3 Å². The number of carbonyl (C=O) groups is 2. The van der Waals surface area contributed by atoms with Crippen LogP contribution in [-0.2, 0) is 20.9 Å². The van der Waals surface area contributed by atoms with Crippen molar-refractivity contribution in [2.45, 2.75) is 39.8 Å². The van der Waals surface area contributed by atoms with Crippen molar-refractivity contribution in [3.05, 3.63) is 12.3 Å². The predicted molar refractivity (Wildman–Crippen MR) is 73.4 cm³/mol. The fraction of sp³-hybridized carbons (Fsp3) is 0.615. The Morgan fingerprint density at radius 3 is 2.75 bits per heavy atom. The summed E-state index contributed by atoms with van der Waals surface area (Å²) in [5, 5.41) is 15.1. The zero-order chi connectivity index (χ0) is 15.1. The molecule has 0 aliphatic rings. The van der Waals surface area contributed by atoms with Gasteiger partial charge >= 0.3 is 5.97 Å². The highest BCUT2D eigenvalue weighted by molar-refractivity contribution is 5.93. The van der Waals surface area contributed by atoms with Gasteiger partial charge < -0.3 is 15.2 Å². The summed E-state index contributed by atoms with van der Waals surface area (Å²) in [5.74, 6) is -0.446. The second-order valence-corrected chi connectivity index (χ2v) is 4.98. The van der Waals surface area contributed by atoms with Crippen molar-refractivity contribution < 1.29 is 19.4 Å². The predicted octanol–water partition coefficient (Wildman–Crippen LogP) is 1.36. The van der Waals surface area contributed by atoms with Crippen LogP contribution < -0.4 is 5.32 Å². The van der Waals surface area contributed by atoms with Crippen LogP contribution in [0.15, 0.2) is 12.3 Å². The second kappa shape index (κ2) is 7.64. The lowest BCUT2D eigenvalue weighted by molar-refractivity contribution is -0.137. The lowest BCUT2D eigenvalue weighted by Gasteiger charge is -2.13. The summed E-state index contributed by atoms with van der Waals surface area (Å²) in [6.07, 6.45) is 1.82. The van der Waals surface area contributed by atoms with E-state index in [-0.39, 0.29) is 12.5 Å². The maximum absolute atomic E-state index is 11.8. The molecule has 1 aromatic heterocycles. The van der Waals surface area contributed by atoms with Gasteiger partial charge in [0, 0.05) is 18.9 Å². The SMILES string of the molecule is CC(C)CCOC(C)C(=O)Nc1ccn(CC(=O)O)n1. The highest BCUT2D eigenvalue weighted by atomic mass is 16.5. The maximum Gasteiger partial charge on any atom is 0.325 e. The Kier molecular flexibility index (Phi) is 6.17. The molecule has 1 rings (SSSR count). The van der Waals surface area contributed by atoms with Gasteiger partial charge in [0.15, 0.2) is 5.82 Å². The number of carboxylic acid groups (broad SMARTS) is 1. The molecule has 0 bridgehead atoms. The lowest BCUT2D eigenvalue weighted by Crippen LogP contribution is -2.28. The van der Waals surface area contributed by atoms with E-state index in [0.29, 0.717) is 18.3 Å². The zero-order valence-corrected chi connectivity index (χ0v) is 12.0. The molecular formula is C13H21N3O4. The number of aliphatic carboxylic acids is 1. The number of carboxylic acids is 1. The number of nitrogens with zero attached hydrogens (tertiary/aromatic N) is 2. The van der Waals surface area contributed by atoms with E-state index in [1.165, 1.54) is 10.9 Å². The molecule has 1 unspecified atom stereocenters. The highest BCUT2D eigenvalue weighted by Crippen LogP contribution is 2.06. The Morgan fingerprint density at radius 2 is 2.15 bits per heavy atom. The van der Waals surface area contributed by atoms with Gasteiger partial charge in [-0.25, -0.2) is 0 Å². The van der Waals surface area contributed by atoms with Crippen LogP contribution in [0, 0.1) is 5.92 Å². The summed E-state index contributed by atoms with van der Waals surface area (Å²) >= 11 is 0. The summed E-state index contributed by atoms with van der Waals surface area (Å²) in [6, 6.07) is 1.54. The number of hydrogen-bond acceptors (Lipinski definition) is 4. The molecule has 0 aromatic carbocycles. The Labute approximate surface area is 117 Å². The molecule has 0 saturated heterocycles. The van der Waals surface area contributed by atoms with Crippen LogP contribution >= 0.6 is 0 Å². The third kappa shape index (κ3) is 5.83. The number of ether oxygens (including phenoxy) is 1. The molecule has 0 aliphatic heterocycles. The van der Waals surface area contributed by atoms with Crippen LogP contribution in [0.2, 0.25) is 0 Å². The van der Waals surface area contributed by atoms with Gasteiger partial charge in [-0.3, -0.25) is 14.3 Å². The number of anilines is 1. The number of rotatable bonds is 8. The molecule has 1 atom stereocenters. The van der Waals surface area contributed by atoms with E-state index in [4.69, 9.17) is 9.84 Å². The van der Waals surface area contributed by atoms with E-state index < -0.39 is 12.1 Å². The third-order valence-electron chi connectivity index (χ3n) is 2.62. The first-order valence-corrected chi connectivity index (χ1v) is 6.56. The van der Waals surface area contributed by atoms with Crippen LogP contribution in [0.3, 0.4) is 0 Å². The van der Waals surface area contributed by atoms with Crippen molar-refractivity contribution in [3.63, 3.8) is 0 Å². The Balaban J connectivity index is 2.40. The maximum atomic E-state index is 11.8. The van der Waals surface area contributed by atoms with Crippen LogP contribution in [0.1, 0.15) is 27.2 Å². The molecule has 0 fully saturated rings. The molecule has 1 amide bonds. The van der Waals surface area contributed by atoms with Crippen molar-refractivity contribution in [3.8, 4) is 0 Å². The zero-order valence-electron chi connectivity index (χ0n) is 12.0. The van der Waals surface area contributed by atoms with Crippen molar-refractivity contribution in [2.75, 3.05) is 11.9 Å². The molecule has 0 aliphatic carbocycles. The van der Waals surface area contributed by atoms with Gasteiger partial charge in [-0.1, -0.05) is 13.8 Å². The monoisotopic (exact) mass is 283 g/mol. The third-order valence-corrected chi connectivity index (χ3v) is 2.62. The van der Waals surface area contributed by atoms with Crippen molar-refractivity contribution in [1.82, 2.24) is 9.78 Å². The minimum absolute atomic E-state index is 0.240. The van der Waals surface area contributed by atoms with Gasteiger partial charge in [0.25, 0.3) is 5.91 Å². The fourth-order valence-corrected chi connectivity index (χ4v) is 1.44. The smallest absolute Gasteiger partial charge is 0.325 e. The van der Waals surface area contributed by atoms with Crippen LogP contribution in [-0.4, -0.2) is 39.5 Å². The van der Waals surface area contributed by atoms with E-state index in [1.807, 2.05) is 0 Å². The normalized spacial score (nSPS) is 12.4. The minimum Gasteiger partial charge on any atom is -0.480 e. The second-order valence-electron chi connectivity index (χ2n) is 4.98. The van der Waals surface area contributed by atoms with E-state index in [9.17, 15) is 9.59 Å². The number of amides is 1. The molecule has 0 spiro atoms. The topological polar surface area (TPSA) is 93.5 Å². The summed E-state index contributed by atoms with van der Waals surface area (Å²) < 4.78 is 6.66. The molecule has 0 radical (unpaired) electrons. The van der Waals surface area contributed by atoms with Gasteiger partial charge in [-0.2, -0.15) is 5.10 Å². The first-order valence-electron chi connectivity index (χ1n) is 6.56. The standard InChI is InChI=1S/C13H21N3O4/c1-9(2)5-7-20-10(3)13(19)14-11-4-6-16(15-11)8-12(17)18/h4,6,9-10H,5,7-8H2,1-3H3,(H,17,18)(H,14,15,19). The first-order chi connectivity index (χ1) is 9.38. The van der Waals surface area contributed by atoms with Crippen molar-refractivity contribution in [1.29, 1.82) is 0 Å². The summed E-state index contributed by atoms with van der Waals surface area (Å²) in [4.78, 5) is 22.3. The van der Waals surface area contributed by atoms with Gasteiger partial charge in [0.2, 0.25) is 0 Å². The van der Waals surface area contributed by atoms with E-state index >= 15 is 0 Å². The molecule has 7 heteroatoms. The highest BCUT2D eigenvalue weighted by Gasteiger charge is 2.15. The van der Waals surface area contributed by atoms with Crippen molar-refractivity contribution >= 4 is 17.7 Å². The molecular weight excluding hydrogens is 262 g/mol. The molecule has 1 aromatic rings. The molecule has 112 valence electrons. The van der Waals surface area contributed by atoms with Crippen molar-refractivity contribution in [2.24, 2.45) is 5.92 Å². The van der Waals surface area contributed by atoms with Gasteiger partial charge in [-0.15, -0.1) is 0 Å². The van der Waals surface area contributed by atoms with Crippen LogP contribution in [0.4, 0.5) is 5.82 Å². The van der Waals surface area contributed by atoms with Crippen LogP contribution in [0.25, 0.3) is 0 Å². The van der Waals surface area contributed by atoms with Crippen LogP contribution in [0.5, 0.6) is 0 Å². The number of hydrogen-bond donors (Lipinski definition) is 2. The summed E-state index contributed by atoms with van der Waals surface area (Å²) in [7, 11) is 0. The van der Waals surface area contributed by atoms with E-state index in [2.05, 4.69) is 24.3 Å². The van der Waals surface area contributed by atoms with Gasteiger partial charge in [0.1, 0.15) is 12.6 Å². The Bertz CT molecular complexity index is 456. The summed E-state index contributed by atoms with van der Waals surface area (Å²) in [6.45, 7) is 6.13. The van der Waals surface area contributed by atoms with E-state index in [1.54, 1.807) is 13.0 Å². The fourth-order valence-electron chi connectivity index (χ4n) is 1.44. The minimum atomic E-state index is -0.989. The molecule has 20 heavy (non-hydrogen) atoms. The number of aromatic nitrogens is 2. The lowest BCUT2D eigenvalue weighted by atomic mass is 10.1. The average Bonchev–Trinajstić information content (AvgIpc) is 2.74. The Morgan fingerprint density at radius 1 is 1.45 bits per heavy atom. The number of carbonyl (C=O) groups excluding carboxylic acids is 1. The largest absolute Gasteiger partial charge is 0.480 e. The average molecular weight is 283 g/mol. The first kappa shape index (κ1) is 16.2. The quantitative estimate of drug-likeness (QED) is 0.751. The van der Waals surface area contributed by atoms with Gasteiger partial charge in [0.05, 0.1) is 0 Å².